The fourth-order valence-electron chi connectivity index (χ4n) is 4.38. The highest BCUT2D eigenvalue weighted by Gasteiger charge is 2.35. The molecule has 2 amide bonds. The minimum absolute atomic E-state index is 0.00393. The number of anilines is 1. The number of sulfonamides is 1. The molecule has 0 saturated carbocycles. The molecule has 0 aromatic heterocycles. The first-order chi connectivity index (χ1) is 19.9. The van der Waals surface area contributed by atoms with Crippen molar-refractivity contribution in [1.29, 1.82) is 0 Å². The van der Waals surface area contributed by atoms with Crippen LogP contribution in [0.5, 0.6) is 5.75 Å². The second kappa shape index (κ2) is 14.8. The maximum atomic E-state index is 14.2. The first-order valence-corrected chi connectivity index (χ1v) is 15.9. The van der Waals surface area contributed by atoms with Crippen molar-refractivity contribution in [3.63, 3.8) is 0 Å². The second-order valence-corrected chi connectivity index (χ2v) is 12.7. The quantitative estimate of drug-likeness (QED) is 0.241. The zero-order valence-electron chi connectivity index (χ0n) is 24.4. The average molecular weight is 635 g/mol. The lowest BCUT2D eigenvalue weighted by Crippen LogP contribution is -2.53. The Hall–Kier alpha value is -3.27. The highest BCUT2D eigenvalue weighted by atomic mass is 35.5. The molecule has 0 bridgehead atoms. The number of hydrogen-bond donors (Lipinski definition) is 1. The first kappa shape index (κ1) is 33.2. The average Bonchev–Trinajstić information content (AvgIpc) is 2.96. The highest BCUT2D eigenvalue weighted by molar-refractivity contribution is 7.92. The fourth-order valence-corrected chi connectivity index (χ4v) is 6.16. The lowest BCUT2D eigenvalue weighted by Gasteiger charge is -2.34. The van der Waals surface area contributed by atoms with Crippen LogP contribution in [0.15, 0.2) is 71.6 Å². The zero-order chi connectivity index (χ0) is 31.0. The van der Waals surface area contributed by atoms with E-state index in [-0.39, 0.29) is 39.8 Å². The van der Waals surface area contributed by atoms with Gasteiger partial charge in [0.25, 0.3) is 10.0 Å². The Kier molecular flexibility index (Phi) is 11.7. The lowest BCUT2D eigenvalue weighted by atomic mass is 10.1. The molecule has 1 N–H and O–H groups in total. The van der Waals surface area contributed by atoms with Crippen molar-refractivity contribution in [2.24, 2.45) is 0 Å². The van der Waals surface area contributed by atoms with Crippen molar-refractivity contribution in [2.75, 3.05) is 18.0 Å². The Morgan fingerprint density at radius 3 is 2.24 bits per heavy atom. The Bertz CT molecular complexity index is 1500. The van der Waals surface area contributed by atoms with Gasteiger partial charge in [0.05, 0.1) is 17.7 Å². The first-order valence-electron chi connectivity index (χ1n) is 13.7. The number of methoxy groups -OCH3 is 1. The van der Waals surface area contributed by atoms with Gasteiger partial charge >= 0.3 is 0 Å². The van der Waals surface area contributed by atoms with E-state index in [1.807, 2.05) is 20.8 Å². The minimum Gasteiger partial charge on any atom is -0.495 e. The SMILES string of the molecule is CCC(C)NC(=O)C(CC)N(Cc1ccccc1Cl)C(=O)CN(c1cc(Cl)ccc1OC)S(=O)(=O)c1ccc(C)cc1. The summed E-state index contributed by atoms with van der Waals surface area (Å²) in [4.78, 5) is 29.0. The maximum absolute atomic E-state index is 14.2. The van der Waals surface area contributed by atoms with Crippen molar-refractivity contribution >= 4 is 50.7 Å². The summed E-state index contributed by atoms with van der Waals surface area (Å²) in [6.07, 6.45) is 1.00. The van der Waals surface area contributed by atoms with Crippen LogP contribution in [0.1, 0.15) is 44.7 Å². The number of rotatable bonds is 13. The molecular weight excluding hydrogens is 597 g/mol. The molecule has 0 fully saturated rings. The van der Waals surface area contributed by atoms with Crippen LogP contribution in [-0.4, -0.2) is 50.9 Å². The van der Waals surface area contributed by atoms with E-state index in [1.165, 1.54) is 36.3 Å². The summed E-state index contributed by atoms with van der Waals surface area (Å²) >= 11 is 12.8. The summed E-state index contributed by atoms with van der Waals surface area (Å²) in [6, 6.07) is 16.9. The van der Waals surface area contributed by atoms with Gasteiger partial charge in [0.2, 0.25) is 11.8 Å². The standard InChI is InChI=1S/C31H37Cl2N3O5S/c1-6-22(4)34-31(38)27(7-2)35(19-23-10-8-9-11-26(23)33)30(37)20-36(28-18-24(32)14-17-29(28)41-5)42(39,40)25-15-12-21(3)13-16-25/h8-18,22,27H,6-7,19-20H2,1-5H3,(H,34,38). The third-order valence-electron chi connectivity index (χ3n) is 6.98. The van der Waals surface area contributed by atoms with Crippen molar-refractivity contribution in [2.45, 2.75) is 64.1 Å². The third-order valence-corrected chi connectivity index (χ3v) is 9.36. The van der Waals surface area contributed by atoms with Gasteiger partial charge in [-0.15, -0.1) is 0 Å². The normalized spacial score (nSPS) is 12.7. The van der Waals surface area contributed by atoms with Crippen LogP contribution in [0.25, 0.3) is 0 Å². The van der Waals surface area contributed by atoms with E-state index in [0.29, 0.717) is 23.4 Å². The number of benzene rings is 3. The van der Waals surface area contributed by atoms with Crippen LogP contribution in [0.4, 0.5) is 5.69 Å². The summed E-state index contributed by atoms with van der Waals surface area (Å²) in [6.45, 7) is 6.85. The maximum Gasteiger partial charge on any atom is 0.264 e. The predicted molar refractivity (Wildman–Crippen MR) is 168 cm³/mol. The molecule has 3 aromatic rings. The van der Waals surface area contributed by atoms with Crippen molar-refractivity contribution in [1.82, 2.24) is 10.2 Å². The number of nitrogens with zero attached hydrogens (tertiary/aromatic N) is 2. The van der Waals surface area contributed by atoms with Crippen LogP contribution >= 0.6 is 23.2 Å². The molecular formula is C31H37Cl2N3O5S. The van der Waals surface area contributed by atoms with Gasteiger partial charge in [-0.25, -0.2) is 8.42 Å². The van der Waals surface area contributed by atoms with Gasteiger partial charge in [0.1, 0.15) is 18.3 Å². The molecule has 2 atom stereocenters. The van der Waals surface area contributed by atoms with E-state index in [1.54, 1.807) is 49.4 Å². The Morgan fingerprint density at radius 1 is 0.976 bits per heavy atom. The number of carbonyl (C=O) groups excluding carboxylic acids is 2. The molecule has 0 aliphatic heterocycles. The fraction of sp³-hybridized carbons (Fsp3) is 0.355. The number of aryl methyl sites for hydroxylation is 1. The largest absolute Gasteiger partial charge is 0.495 e. The minimum atomic E-state index is -4.28. The van der Waals surface area contributed by atoms with Gasteiger partial charge in [0, 0.05) is 22.6 Å². The van der Waals surface area contributed by atoms with Gasteiger partial charge in [-0.3, -0.25) is 13.9 Å². The van der Waals surface area contributed by atoms with Crippen molar-refractivity contribution in [3.8, 4) is 5.75 Å². The molecule has 0 saturated heterocycles. The van der Waals surface area contributed by atoms with E-state index in [0.717, 1.165) is 9.87 Å². The van der Waals surface area contributed by atoms with E-state index >= 15 is 0 Å². The van der Waals surface area contributed by atoms with Crippen LogP contribution in [-0.2, 0) is 26.2 Å². The van der Waals surface area contributed by atoms with Crippen molar-refractivity contribution < 1.29 is 22.7 Å². The molecule has 0 aliphatic carbocycles. The Labute approximate surface area is 258 Å². The summed E-state index contributed by atoms with van der Waals surface area (Å²) in [5.74, 6) is -0.721. The summed E-state index contributed by atoms with van der Waals surface area (Å²) < 4.78 is 34.7. The van der Waals surface area contributed by atoms with Crippen LogP contribution in [0.3, 0.4) is 0 Å². The molecule has 8 nitrogen and oxygen atoms in total. The van der Waals surface area contributed by atoms with Crippen LogP contribution in [0, 0.1) is 6.92 Å². The van der Waals surface area contributed by atoms with Gasteiger partial charge in [-0.1, -0.05) is 72.9 Å². The van der Waals surface area contributed by atoms with Gasteiger partial charge in [0.15, 0.2) is 0 Å². The summed E-state index contributed by atoms with van der Waals surface area (Å²) in [7, 11) is -2.88. The number of amides is 2. The monoisotopic (exact) mass is 633 g/mol. The van der Waals surface area contributed by atoms with Crippen LogP contribution < -0.4 is 14.4 Å². The number of carbonyl (C=O) groups is 2. The highest BCUT2D eigenvalue weighted by Crippen LogP contribution is 2.35. The second-order valence-electron chi connectivity index (χ2n) is 10.00. The number of halogens is 2. The molecule has 0 radical (unpaired) electrons. The molecule has 2 unspecified atom stereocenters. The predicted octanol–water partition coefficient (Wildman–Crippen LogP) is 6.23. The summed E-state index contributed by atoms with van der Waals surface area (Å²) in [5.41, 5.74) is 1.59. The third kappa shape index (κ3) is 7.96. The lowest BCUT2D eigenvalue weighted by molar-refractivity contribution is -0.140. The number of nitrogens with one attached hydrogen (secondary N) is 1. The molecule has 3 aromatic carbocycles. The van der Waals surface area contributed by atoms with E-state index in [4.69, 9.17) is 27.9 Å². The number of hydrogen-bond acceptors (Lipinski definition) is 5. The molecule has 42 heavy (non-hydrogen) atoms. The van der Waals surface area contributed by atoms with Crippen LogP contribution in [0.2, 0.25) is 10.0 Å². The van der Waals surface area contributed by atoms with Gasteiger partial charge in [-0.2, -0.15) is 0 Å². The van der Waals surface area contributed by atoms with E-state index in [9.17, 15) is 18.0 Å². The van der Waals surface area contributed by atoms with Gasteiger partial charge < -0.3 is 15.0 Å². The summed E-state index contributed by atoms with van der Waals surface area (Å²) in [5, 5.41) is 3.64. The smallest absolute Gasteiger partial charge is 0.264 e. The molecule has 0 heterocycles. The topological polar surface area (TPSA) is 96.0 Å². The molecule has 11 heteroatoms. The Morgan fingerprint density at radius 2 is 1.64 bits per heavy atom. The molecule has 226 valence electrons. The molecule has 0 aliphatic rings. The van der Waals surface area contributed by atoms with Crippen molar-refractivity contribution in [3.05, 3.63) is 87.9 Å². The zero-order valence-corrected chi connectivity index (χ0v) is 26.8. The Balaban J connectivity index is 2.14. The molecule has 0 spiro atoms. The van der Waals surface area contributed by atoms with E-state index in [2.05, 4.69) is 5.32 Å². The number of ether oxygens (including phenoxy) is 1. The van der Waals surface area contributed by atoms with E-state index < -0.39 is 28.5 Å². The van der Waals surface area contributed by atoms with Gasteiger partial charge in [-0.05, 0) is 68.7 Å². The molecule has 3 rings (SSSR count).